The van der Waals surface area contributed by atoms with Crippen LogP contribution in [-0.2, 0) is 5.60 Å². The monoisotopic (exact) mass is 282 g/mol. The number of Topliss-reactive ketones (excluding diaryl/α,β-unsaturated/α-hetero) is 1. The quantitative estimate of drug-likeness (QED) is 0.400. The average molecular weight is 282 g/mol. The van der Waals surface area contributed by atoms with Crippen LogP contribution < -0.4 is 0 Å². The summed E-state index contributed by atoms with van der Waals surface area (Å²) in [6.07, 6.45) is 0. The van der Waals surface area contributed by atoms with E-state index in [-0.39, 0.29) is 11.1 Å². The number of nitro benzene ring substituents is 1. The molecular weight excluding hydrogens is 272 g/mol. The number of ketones is 1. The number of rotatable bonds is 4. The number of nitro groups is 1. The van der Waals surface area contributed by atoms with Crippen molar-refractivity contribution >= 4 is 11.5 Å². The lowest BCUT2D eigenvalue weighted by Crippen LogP contribution is -2.34. The number of para-hydroxylation sites is 1. The van der Waals surface area contributed by atoms with Gasteiger partial charge < -0.3 is 5.11 Å². The molecule has 2 aromatic rings. The highest BCUT2D eigenvalue weighted by Crippen LogP contribution is 2.32. The molecule has 0 aliphatic heterocycles. The summed E-state index contributed by atoms with van der Waals surface area (Å²) >= 11 is 0. The van der Waals surface area contributed by atoms with Crippen molar-refractivity contribution in [3.63, 3.8) is 0 Å². The van der Waals surface area contributed by atoms with E-state index in [0.717, 1.165) is 6.07 Å². The van der Waals surface area contributed by atoms with Gasteiger partial charge in [-0.25, -0.2) is 0 Å². The molecule has 1 unspecified atom stereocenters. The number of benzene rings is 2. The first-order chi connectivity index (χ1) is 10.0. The largest absolute Gasteiger partial charge is 0.365 e. The van der Waals surface area contributed by atoms with E-state index in [0.29, 0.717) is 0 Å². The van der Waals surface area contributed by atoms with Crippen LogP contribution in [0.4, 0.5) is 5.69 Å². The van der Waals surface area contributed by atoms with Crippen molar-refractivity contribution in [2.24, 2.45) is 0 Å². The van der Waals surface area contributed by atoms with Crippen molar-refractivity contribution in [2.75, 3.05) is 0 Å². The molecule has 0 saturated carbocycles. The normalized spacial score (nSPS) is 13.0. The molecule has 2 aromatic carbocycles. The Kier molecular flexibility index (Phi) is 3.78. The summed E-state index contributed by atoms with van der Waals surface area (Å²) in [4.78, 5) is 22.7. The predicted octanol–water partition coefficient (Wildman–Crippen LogP) is 2.19. The van der Waals surface area contributed by atoms with Gasteiger partial charge in [0.1, 0.15) is 6.07 Å². The molecule has 0 aliphatic carbocycles. The van der Waals surface area contributed by atoms with Crippen LogP contribution in [-0.4, -0.2) is 15.8 Å². The van der Waals surface area contributed by atoms with Gasteiger partial charge in [0.15, 0.2) is 0 Å². The number of nitrogens with zero attached hydrogens (tertiary/aromatic N) is 2. The Bertz CT molecular complexity index is 737. The van der Waals surface area contributed by atoms with Crippen LogP contribution >= 0.6 is 0 Å². The van der Waals surface area contributed by atoms with E-state index >= 15 is 0 Å². The molecule has 1 atom stereocenters. The Balaban J connectivity index is 2.61. The van der Waals surface area contributed by atoms with Crippen molar-refractivity contribution in [3.8, 4) is 6.07 Å². The Morgan fingerprint density at radius 1 is 1.14 bits per heavy atom. The Morgan fingerprint density at radius 3 is 2.29 bits per heavy atom. The fraction of sp³-hybridized carbons (Fsp3) is 0.0667. The first-order valence-electron chi connectivity index (χ1n) is 5.98. The zero-order valence-corrected chi connectivity index (χ0v) is 10.8. The molecule has 6 heteroatoms. The molecular formula is C15H10N2O4. The maximum atomic E-state index is 12.4. The molecule has 0 aliphatic rings. The van der Waals surface area contributed by atoms with Crippen LogP contribution in [0.2, 0.25) is 0 Å². The van der Waals surface area contributed by atoms with E-state index in [2.05, 4.69) is 0 Å². The van der Waals surface area contributed by atoms with E-state index < -0.39 is 22.0 Å². The van der Waals surface area contributed by atoms with Crippen LogP contribution in [0.3, 0.4) is 0 Å². The van der Waals surface area contributed by atoms with E-state index in [1.807, 2.05) is 0 Å². The minimum atomic E-state index is -2.61. The Hall–Kier alpha value is -3.04. The van der Waals surface area contributed by atoms with E-state index in [9.17, 15) is 25.3 Å². The zero-order chi connectivity index (χ0) is 15.5. The van der Waals surface area contributed by atoms with Crippen molar-refractivity contribution in [1.29, 1.82) is 5.26 Å². The standard InChI is InChI=1S/C15H10N2O4/c16-10-15(19,14(18)11-6-2-1-3-7-11)12-8-4-5-9-13(12)17(20)21/h1-9,19H. The molecule has 0 saturated heterocycles. The second kappa shape index (κ2) is 5.53. The van der Waals surface area contributed by atoms with Crippen molar-refractivity contribution in [3.05, 3.63) is 75.8 Å². The van der Waals surface area contributed by atoms with Crippen molar-refractivity contribution in [2.45, 2.75) is 5.60 Å². The van der Waals surface area contributed by atoms with Gasteiger partial charge in [-0.15, -0.1) is 0 Å². The molecule has 0 bridgehead atoms. The van der Waals surface area contributed by atoms with Gasteiger partial charge in [0.2, 0.25) is 11.4 Å². The topological polar surface area (TPSA) is 104 Å². The summed E-state index contributed by atoms with van der Waals surface area (Å²) in [5.74, 6) is -0.903. The molecule has 2 rings (SSSR count). The number of hydrogen-bond donors (Lipinski definition) is 1. The van der Waals surface area contributed by atoms with Gasteiger partial charge >= 0.3 is 0 Å². The molecule has 6 nitrogen and oxygen atoms in total. The van der Waals surface area contributed by atoms with Crippen molar-refractivity contribution < 1.29 is 14.8 Å². The second-order valence-electron chi connectivity index (χ2n) is 4.29. The number of hydrogen-bond acceptors (Lipinski definition) is 5. The van der Waals surface area contributed by atoms with Gasteiger partial charge in [-0.05, 0) is 6.07 Å². The molecule has 0 amide bonds. The highest BCUT2D eigenvalue weighted by molar-refractivity contribution is 6.05. The lowest BCUT2D eigenvalue weighted by atomic mass is 9.86. The lowest BCUT2D eigenvalue weighted by Gasteiger charge is -2.19. The first-order valence-corrected chi connectivity index (χ1v) is 5.98. The fourth-order valence-corrected chi connectivity index (χ4v) is 1.97. The summed E-state index contributed by atoms with van der Waals surface area (Å²) in [5.41, 5.74) is -3.33. The smallest absolute Gasteiger partial charge is 0.277 e. The third kappa shape index (κ3) is 2.50. The summed E-state index contributed by atoms with van der Waals surface area (Å²) in [6.45, 7) is 0. The van der Waals surface area contributed by atoms with E-state index in [1.165, 1.54) is 36.4 Å². The molecule has 0 fully saturated rings. The van der Waals surface area contributed by atoms with Gasteiger partial charge in [-0.1, -0.05) is 42.5 Å². The third-order valence-corrected chi connectivity index (χ3v) is 3.02. The number of nitriles is 1. The van der Waals surface area contributed by atoms with Gasteiger partial charge in [-0.3, -0.25) is 14.9 Å². The average Bonchev–Trinajstić information content (AvgIpc) is 2.54. The highest BCUT2D eigenvalue weighted by atomic mass is 16.6. The Morgan fingerprint density at radius 2 is 1.71 bits per heavy atom. The van der Waals surface area contributed by atoms with Gasteiger partial charge in [0, 0.05) is 11.6 Å². The van der Waals surface area contributed by atoms with Gasteiger partial charge in [-0.2, -0.15) is 5.26 Å². The minimum absolute atomic E-state index is 0.0969. The summed E-state index contributed by atoms with van der Waals surface area (Å²) in [6, 6.07) is 14.3. The van der Waals surface area contributed by atoms with Gasteiger partial charge in [0.05, 0.1) is 10.5 Å². The first kappa shape index (κ1) is 14.4. The van der Waals surface area contributed by atoms with Crippen LogP contribution in [0.5, 0.6) is 0 Å². The van der Waals surface area contributed by atoms with Crippen LogP contribution in [0.15, 0.2) is 54.6 Å². The molecule has 0 spiro atoms. The fourth-order valence-electron chi connectivity index (χ4n) is 1.97. The maximum Gasteiger partial charge on any atom is 0.277 e. The predicted molar refractivity (Wildman–Crippen MR) is 73.4 cm³/mol. The molecule has 104 valence electrons. The Labute approximate surface area is 120 Å². The minimum Gasteiger partial charge on any atom is -0.365 e. The van der Waals surface area contributed by atoms with Crippen LogP contribution in [0, 0.1) is 21.4 Å². The molecule has 0 radical (unpaired) electrons. The third-order valence-electron chi connectivity index (χ3n) is 3.02. The SMILES string of the molecule is N#CC(O)(C(=O)c1ccccc1)c1ccccc1[N+](=O)[O-]. The molecule has 0 heterocycles. The van der Waals surface area contributed by atoms with E-state index in [4.69, 9.17) is 0 Å². The second-order valence-corrected chi connectivity index (χ2v) is 4.29. The van der Waals surface area contributed by atoms with Gasteiger partial charge in [0.25, 0.3) is 5.69 Å². The zero-order valence-electron chi connectivity index (χ0n) is 10.8. The van der Waals surface area contributed by atoms with Crippen LogP contribution in [0.25, 0.3) is 0 Å². The molecule has 0 aromatic heterocycles. The number of carbonyl (C=O) groups excluding carboxylic acids is 1. The molecule has 1 N–H and O–H groups in total. The molecule has 21 heavy (non-hydrogen) atoms. The lowest BCUT2D eigenvalue weighted by molar-refractivity contribution is -0.386. The van der Waals surface area contributed by atoms with Crippen molar-refractivity contribution in [1.82, 2.24) is 0 Å². The van der Waals surface area contributed by atoms with E-state index in [1.54, 1.807) is 18.2 Å². The summed E-state index contributed by atoms with van der Waals surface area (Å²) in [5, 5.41) is 30.7. The number of aliphatic hydroxyl groups is 1. The highest BCUT2D eigenvalue weighted by Gasteiger charge is 2.43. The number of carbonyl (C=O) groups is 1. The maximum absolute atomic E-state index is 12.4. The summed E-state index contributed by atoms with van der Waals surface area (Å²) in [7, 11) is 0. The summed E-state index contributed by atoms with van der Waals surface area (Å²) < 4.78 is 0. The van der Waals surface area contributed by atoms with Crippen LogP contribution in [0.1, 0.15) is 15.9 Å².